The first-order valence-corrected chi connectivity index (χ1v) is 6.10. The lowest BCUT2D eigenvalue weighted by molar-refractivity contribution is -0.0336. The zero-order valence-electron chi connectivity index (χ0n) is 9.43. The van der Waals surface area contributed by atoms with E-state index in [-0.39, 0.29) is 18.2 Å². The van der Waals surface area contributed by atoms with Crippen molar-refractivity contribution in [3.05, 3.63) is 0 Å². The Balaban J connectivity index is 1.61. The molecule has 3 saturated heterocycles. The molecule has 2 unspecified atom stereocenters. The van der Waals surface area contributed by atoms with Crippen LogP contribution in [0.2, 0.25) is 0 Å². The molecular weight excluding hydrogens is 208 g/mol. The van der Waals surface area contributed by atoms with Crippen molar-refractivity contribution >= 4 is 6.03 Å². The van der Waals surface area contributed by atoms with E-state index in [1.807, 2.05) is 9.80 Å². The molecule has 0 saturated carbocycles. The number of likely N-dealkylation sites (tertiary alicyclic amines) is 1. The quantitative estimate of drug-likeness (QED) is 0.596. The summed E-state index contributed by atoms with van der Waals surface area (Å²) in [6.45, 7) is 4.34. The highest BCUT2D eigenvalue weighted by Gasteiger charge is 2.37. The lowest BCUT2D eigenvalue weighted by atomic mass is 10.2. The topological polar surface area (TPSA) is 42.0 Å². The Morgan fingerprint density at radius 1 is 1.00 bits per heavy atom. The molecule has 0 radical (unpaired) electrons. The second kappa shape index (κ2) is 4.22. The molecule has 3 aliphatic heterocycles. The molecule has 0 aliphatic carbocycles. The third kappa shape index (κ3) is 1.89. The molecule has 2 bridgehead atoms. The average molecular weight is 226 g/mol. The zero-order valence-corrected chi connectivity index (χ0v) is 9.43. The summed E-state index contributed by atoms with van der Waals surface area (Å²) in [5.41, 5.74) is 0. The van der Waals surface area contributed by atoms with Crippen LogP contribution in [0.5, 0.6) is 0 Å². The van der Waals surface area contributed by atoms with Crippen LogP contribution in [0.1, 0.15) is 12.8 Å². The van der Waals surface area contributed by atoms with Crippen LogP contribution in [0.15, 0.2) is 0 Å². The number of urea groups is 1. The van der Waals surface area contributed by atoms with E-state index >= 15 is 0 Å². The summed E-state index contributed by atoms with van der Waals surface area (Å²) in [5, 5.41) is 0. The van der Waals surface area contributed by atoms with E-state index in [0.717, 1.165) is 39.0 Å². The second-order valence-electron chi connectivity index (χ2n) is 4.74. The van der Waals surface area contributed by atoms with Crippen molar-refractivity contribution in [2.45, 2.75) is 25.0 Å². The van der Waals surface area contributed by atoms with E-state index < -0.39 is 0 Å². The van der Waals surface area contributed by atoms with Gasteiger partial charge in [0, 0.05) is 26.2 Å². The van der Waals surface area contributed by atoms with Crippen LogP contribution in [0.25, 0.3) is 0 Å². The number of hydrogen-bond donors (Lipinski definition) is 0. The number of amides is 2. The fraction of sp³-hybridized carbons (Fsp3) is 0.909. The summed E-state index contributed by atoms with van der Waals surface area (Å²) in [7, 11) is 0. The van der Waals surface area contributed by atoms with Crippen molar-refractivity contribution in [2.75, 3.05) is 39.4 Å². The van der Waals surface area contributed by atoms with Gasteiger partial charge < -0.3 is 19.3 Å². The van der Waals surface area contributed by atoms with Crippen LogP contribution in [0, 0.1) is 0 Å². The zero-order chi connectivity index (χ0) is 11.0. The first kappa shape index (κ1) is 10.4. The fourth-order valence-electron chi connectivity index (χ4n) is 2.73. The van der Waals surface area contributed by atoms with Gasteiger partial charge in [0.05, 0.1) is 25.4 Å². The Morgan fingerprint density at radius 3 is 2.25 bits per heavy atom. The molecule has 3 fully saturated rings. The summed E-state index contributed by atoms with van der Waals surface area (Å²) in [4.78, 5) is 16.1. The smallest absolute Gasteiger partial charge is 0.320 e. The van der Waals surface area contributed by atoms with Gasteiger partial charge in [0.25, 0.3) is 0 Å². The number of nitrogens with zero attached hydrogens (tertiary/aromatic N) is 2. The predicted molar refractivity (Wildman–Crippen MR) is 57.3 cm³/mol. The predicted octanol–water partition coefficient (Wildman–Crippen LogP) is 0.302. The first-order valence-electron chi connectivity index (χ1n) is 6.10. The molecular formula is C11H18N2O3. The van der Waals surface area contributed by atoms with Gasteiger partial charge >= 0.3 is 6.03 Å². The number of hydrogen-bond acceptors (Lipinski definition) is 3. The molecule has 0 spiro atoms. The SMILES string of the molecule is O=C(N1CCOCC1)N1CC2CCC(C1)O2. The summed E-state index contributed by atoms with van der Waals surface area (Å²) in [5.74, 6) is 0. The minimum atomic E-state index is 0.170. The number of fused-ring (bicyclic) bond motifs is 2. The van der Waals surface area contributed by atoms with Gasteiger partial charge in [-0.3, -0.25) is 0 Å². The third-order valence-corrected chi connectivity index (χ3v) is 3.60. The molecule has 3 aliphatic rings. The Kier molecular flexibility index (Phi) is 2.73. The largest absolute Gasteiger partial charge is 0.378 e. The van der Waals surface area contributed by atoms with Gasteiger partial charge in [-0.2, -0.15) is 0 Å². The van der Waals surface area contributed by atoms with Gasteiger partial charge in [-0.05, 0) is 12.8 Å². The molecule has 0 aromatic heterocycles. The van der Waals surface area contributed by atoms with E-state index in [4.69, 9.17) is 9.47 Å². The number of morpholine rings is 2. The van der Waals surface area contributed by atoms with E-state index in [9.17, 15) is 4.79 Å². The molecule has 16 heavy (non-hydrogen) atoms. The third-order valence-electron chi connectivity index (χ3n) is 3.60. The maximum atomic E-state index is 12.2. The summed E-state index contributed by atoms with van der Waals surface area (Å²) in [6, 6.07) is 0.170. The standard InChI is InChI=1S/C11H18N2O3/c14-11(12-3-5-15-6-4-12)13-7-9-1-2-10(8-13)16-9/h9-10H,1-8H2. The Morgan fingerprint density at radius 2 is 1.62 bits per heavy atom. The summed E-state index contributed by atoms with van der Waals surface area (Å²) in [6.07, 6.45) is 2.78. The normalized spacial score (nSPS) is 34.2. The van der Waals surface area contributed by atoms with Gasteiger partial charge in [-0.25, -0.2) is 4.79 Å². The summed E-state index contributed by atoms with van der Waals surface area (Å²) >= 11 is 0. The Labute approximate surface area is 95.3 Å². The van der Waals surface area contributed by atoms with Gasteiger partial charge in [0.2, 0.25) is 0 Å². The molecule has 0 N–H and O–H groups in total. The van der Waals surface area contributed by atoms with Crippen LogP contribution in [-0.2, 0) is 9.47 Å². The van der Waals surface area contributed by atoms with Crippen molar-refractivity contribution in [3.8, 4) is 0 Å². The van der Waals surface area contributed by atoms with Crippen LogP contribution in [0.4, 0.5) is 4.79 Å². The van der Waals surface area contributed by atoms with E-state index in [2.05, 4.69) is 0 Å². The molecule has 2 atom stereocenters. The number of rotatable bonds is 0. The molecule has 5 heteroatoms. The molecule has 3 heterocycles. The lowest BCUT2D eigenvalue weighted by Crippen LogP contribution is -2.53. The van der Waals surface area contributed by atoms with Crippen molar-refractivity contribution in [1.29, 1.82) is 0 Å². The van der Waals surface area contributed by atoms with E-state index in [0.29, 0.717) is 13.2 Å². The maximum Gasteiger partial charge on any atom is 0.320 e. The highest BCUT2D eigenvalue weighted by atomic mass is 16.5. The van der Waals surface area contributed by atoms with Gasteiger partial charge in [0.15, 0.2) is 0 Å². The lowest BCUT2D eigenvalue weighted by Gasteiger charge is -2.37. The van der Waals surface area contributed by atoms with Gasteiger partial charge in [0.1, 0.15) is 0 Å². The molecule has 0 aromatic rings. The molecule has 90 valence electrons. The molecule has 3 rings (SSSR count). The highest BCUT2D eigenvalue weighted by molar-refractivity contribution is 5.74. The Hall–Kier alpha value is -0.810. The number of carbonyl (C=O) groups is 1. The molecule has 0 aromatic carbocycles. The Bertz CT molecular complexity index is 266. The van der Waals surface area contributed by atoms with Crippen LogP contribution in [0.3, 0.4) is 0 Å². The average Bonchev–Trinajstić information content (AvgIpc) is 2.68. The van der Waals surface area contributed by atoms with Crippen LogP contribution >= 0.6 is 0 Å². The van der Waals surface area contributed by atoms with Crippen molar-refractivity contribution < 1.29 is 14.3 Å². The minimum Gasteiger partial charge on any atom is -0.378 e. The van der Waals surface area contributed by atoms with Gasteiger partial charge in [-0.1, -0.05) is 0 Å². The van der Waals surface area contributed by atoms with Crippen LogP contribution < -0.4 is 0 Å². The first-order chi connectivity index (χ1) is 7.83. The highest BCUT2D eigenvalue weighted by Crippen LogP contribution is 2.26. The summed E-state index contributed by atoms with van der Waals surface area (Å²) < 4.78 is 11.0. The van der Waals surface area contributed by atoms with E-state index in [1.54, 1.807) is 0 Å². The number of ether oxygens (including phenoxy) is 2. The minimum absolute atomic E-state index is 0.170. The van der Waals surface area contributed by atoms with Crippen molar-refractivity contribution in [3.63, 3.8) is 0 Å². The maximum absolute atomic E-state index is 12.2. The monoisotopic (exact) mass is 226 g/mol. The van der Waals surface area contributed by atoms with E-state index in [1.165, 1.54) is 0 Å². The second-order valence-corrected chi connectivity index (χ2v) is 4.74. The molecule has 5 nitrogen and oxygen atoms in total. The fourth-order valence-corrected chi connectivity index (χ4v) is 2.73. The molecule has 2 amide bonds. The van der Waals surface area contributed by atoms with Gasteiger partial charge in [-0.15, -0.1) is 0 Å². The number of carbonyl (C=O) groups excluding carboxylic acids is 1. The van der Waals surface area contributed by atoms with Crippen LogP contribution in [-0.4, -0.2) is 67.4 Å². The van der Waals surface area contributed by atoms with Crippen molar-refractivity contribution in [1.82, 2.24) is 9.80 Å². The van der Waals surface area contributed by atoms with Crippen molar-refractivity contribution in [2.24, 2.45) is 0 Å².